The van der Waals surface area contributed by atoms with Crippen LogP contribution in [0.3, 0.4) is 0 Å². The van der Waals surface area contributed by atoms with Gasteiger partial charge in [-0.25, -0.2) is 0 Å². The summed E-state index contributed by atoms with van der Waals surface area (Å²) in [6.07, 6.45) is 1.56. The van der Waals surface area contributed by atoms with E-state index in [-0.39, 0.29) is 18.9 Å². The number of nitriles is 1. The number of rotatable bonds is 5. The molecule has 2 aromatic rings. The topological polar surface area (TPSA) is 80.6 Å². The largest absolute Gasteiger partial charge is 0.496 e. The van der Waals surface area contributed by atoms with E-state index in [2.05, 4.69) is 5.32 Å². The summed E-state index contributed by atoms with van der Waals surface area (Å²) in [5, 5.41) is 12.1. The smallest absolute Gasteiger partial charge is 0.262 e. The van der Waals surface area contributed by atoms with Gasteiger partial charge in [0, 0.05) is 6.54 Å². The van der Waals surface area contributed by atoms with Gasteiger partial charge in [0.05, 0.1) is 7.11 Å². The van der Waals surface area contributed by atoms with Gasteiger partial charge < -0.3 is 19.5 Å². The van der Waals surface area contributed by atoms with E-state index in [4.69, 9.17) is 14.2 Å². The van der Waals surface area contributed by atoms with Crippen molar-refractivity contribution in [2.24, 2.45) is 0 Å². The van der Waals surface area contributed by atoms with Gasteiger partial charge in [-0.1, -0.05) is 12.1 Å². The Morgan fingerprint density at radius 2 is 2.08 bits per heavy atom. The zero-order valence-corrected chi connectivity index (χ0v) is 14.5. The lowest BCUT2D eigenvalue weighted by Gasteiger charge is -2.07. The Balaban J connectivity index is 1.69. The molecule has 0 unspecified atom stereocenters. The summed E-state index contributed by atoms with van der Waals surface area (Å²) in [6.45, 7) is 2.39. The maximum atomic E-state index is 12.3. The van der Waals surface area contributed by atoms with Crippen molar-refractivity contribution >= 4 is 12.0 Å². The minimum absolute atomic E-state index is 0.0373. The van der Waals surface area contributed by atoms with E-state index in [1.54, 1.807) is 31.4 Å². The molecule has 0 spiro atoms. The average molecular weight is 350 g/mol. The van der Waals surface area contributed by atoms with Crippen LogP contribution in [0.1, 0.15) is 16.7 Å². The van der Waals surface area contributed by atoms with Crippen LogP contribution in [-0.4, -0.2) is 19.8 Å². The van der Waals surface area contributed by atoms with Gasteiger partial charge >= 0.3 is 0 Å². The molecule has 0 fully saturated rings. The van der Waals surface area contributed by atoms with Crippen molar-refractivity contribution in [3.05, 3.63) is 58.7 Å². The first-order valence-corrected chi connectivity index (χ1v) is 8.04. The van der Waals surface area contributed by atoms with Gasteiger partial charge in [-0.2, -0.15) is 5.26 Å². The fraction of sp³-hybridized carbons (Fsp3) is 0.200. The lowest BCUT2D eigenvalue weighted by Crippen LogP contribution is -2.23. The third-order valence-corrected chi connectivity index (χ3v) is 3.99. The zero-order valence-electron chi connectivity index (χ0n) is 14.5. The fourth-order valence-electron chi connectivity index (χ4n) is 2.64. The maximum Gasteiger partial charge on any atom is 0.262 e. The second-order valence-electron chi connectivity index (χ2n) is 5.77. The van der Waals surface area contributed by atoms with Crippen LogP contribution < -0.4 is 19.5 Å². The van der Waals surface area contributed by atoms with Gasteiger partial charge in [0.1, 0.15) is 17.4 Å². The molecule has 1 aliphatic heterocycles. The van der Waals surface area contributed by atoms with Crippen molar-refractivity contribution in [1.29, 1.82) is 5.26 Å². The highest BCUT2D eigenvalue weighted by Crippen LogP contribution is 2.32. The molecule has 2 aromatic carbocycles. The van der Waals surface area contributed by atoms with Crippen LogP contribution in [0.25, 0.3) is 6.08 Å². The molecule has 1 amide bonds. The molecule has 26 heavy (non-hydrogen) atoms. The molecular formula is C20H18N2O4. The highest BCUT2D eigenvalue weighted by molar-refractivity contribution is 6.01. The van der Waals surface area contributed by atoms with Crippen LogP contribution in [0.4, 0.5) is 0 Å². The van der Waals surface area contributed by atoms with Crippen molar-refractivity contribution in [2.75, 3.05) is 13.9 Å². The molecule has 1 aliphatic rings. The summed E-state index contributed by atoms with van der Waals surface area (Å²) in [5.41, 5.74) is 2.59. The normalized spacial score (nSPS) is 12.4. The van der Waals surface area contributed by atoms with Gasteiger partial charge in [-0.05, 0) is 54.0 Å². The molecule has 0 saturated heterocycles. The van der Waals surface area contributed by atoms with E-state index in [0.717, 1.165) is 22.4 Å². The van der Waals surface area contributed by atoms with Crippen LogP contribution in [0.15, 0.2) is 42.0 Å². The first kappa shape index (κ1) is 17.4. The highest BCUT2D eigenvalue weighted by atomic mass is 16.7. The standard InChI is InChI=1S/C20H18N2O4/c1-13-7-14(3-5-17(13)24-2)8-16(10-21)20(23)22-11-15-4-6-18-19(9-15)26-12-25-18/h3-9H,11-12H2,1-2H3,(H,22,23)/b16-8+. The van der Waals surface area contributed by atoms with Crippen LogP contribution in [0.2, 0.25) is 0 Å². The van der Waals surface area contributed by atoms with Crippen LogP contribution in [-0.2, 0) is 11.3 Å². The second-order valence-corrected chi connectivity index (χ2v) is 5.77. The number of amides is 1. The number of carbonyl (C=O) groups is 1. The number of methoxy groups -OCH3 is 1. The molecule has 6 heteroatoms. The Hall–Kier alpha value is -3.46. The zero-order chi connectivity index (χ0) is 18.5. The summed E-state index contributed by atoms with van der Waals surface area (Å²) >= 11 is 0. The summed E-state index contributed by atoms with van der Waals surface area (Å²) in [7, 11) is 1.60. The summed E-state index contributed by atoms with van der Waals surface area (Å²) in [6, 6.07) is 12.9. The summed E-state index contributed by atoms with van der Waals surface area (Å²) in [4.78, 5) is 12.3. The second kappa shape index (κ2) is 7.62. The van der Waals surface area contributed by atoms with Crippen LogP contribution >= 0.6 is 0 Å². The minimum atomic E-state index is -0.432. The van der Waals surface area contributed by atoms with Crippen LogP contribution in [0, 0.1) is 18.3 Å². The summed E-state index contributed by atoms with van der Waals surface area (Å²) < 4.78 is 15.8. The molecule has 0 bridgehead atoms. The van der Waals surface area contributed by atoms with Crippen molar-refractivity contribution in [3.8, 4) is 23.3 Å². The average Bonchev–Trinajstić information content (AvgIpc) is 3.12. The predicted molar refractivity (Wildman–Crippen MR) is 95.7 cm³/mol. The molecule has 0 aliphatic carbocycles. The number of nitrogens with one attached hydrogen (secondary N) is 1. The molecule has 0 radical (unpaired) electrons. The number of fused-ring (bicyclic) bond motifs is 1. The highest BCUT2D eigenvalue weighted by Gasteiger charge is 2.14. The number of carbonyl (C=O) groups excluding carboxylic acids is 1. The number of ether oxygens (including phenoxy) is 3. The van der Waals surface area contributed by atoms with E-state index in [1.807, 2.05) is 31.2 Å². The Morgan fingerprint density at radius 1 is 1.27 bits per heavy atom. The van der Waals surface area contributed by atoms with Gasteiger partial charge in [-0.3, -0.25) is 4.79 Å². The molecule has 1 N–H and O–H groups in total. The molecule has 0 atom stereocenters. The van der Waals surface area contributed by atoms with E-state index >= 15 is 0 Å². The number of hydrogen-bond donors (Lipinski definition) is 1. The Labute approximate surface area is 151 Å². The number of nitrogens with zero attached hydrogens (tertiary/aromatic N) is 1. The molecule has 3 rings (SSSR count). The Bertz CT molecular complexity index is 913. The van der Waals surface area contributed by atoms with Crippen molar-refractivity contribution in [1.82, 2.24) is 5.32 Å². The van der Waals surface area contributed by atoms with Crippen molar-refractivity contribution < 1.29 is 19.0 Å². The number of benzene rings is 2. The third kappa shape index (κ3) is 3.78. The first-order chi connectivity index (χ1) is 12.6. The third-order valence-electron chi connectivity index (χ3n) is 3.99. The van der Waals surface area contributed by atoms with Crippen LogP contribution in [0.5, 0.6) is 17.2 Å². The van der Waals surface area contributed by atoms with Crippen molar-refractivity contribution in [3.63, 3.8) is 0 Å². The summed E-state index contributed by atoms with van der Waals surface area (Å²) in [5.74, 6) is 1.67. The van der Waals surface area contributed by atoms with E-state index in [0.29, 0.717) is 11.5 Å². The SMILES string of the molecule is COc1ccc(/C=C(\C#N)C(=O)NCc2ccc3c(c2)OCO3)cc1C. The van der Waals surface area contributed by atoms with Gasteiger partial charge in [0.2, 0.25) is 6.79 Å². The molecular weight excluding hydrogens is 332 g/mol. The lowest BCUT2D eigenvalue weighted by atomic mass is 10.1. The predicted octanol–water partition coefficient (Wildman–Crippen LogP) is 2.96. The number of hydrogen-bond acceptors (Lipinski definition) is 5. The van der Waals surface area contributed by atoms with Gasteiger partial charge in [0.15, 0.2) is 11.5 Å². The minimum Gasteiger partial charge on any atom is -0.496 e. The Kier molecular flexibility index (Phi) is 5.09. The fourth-order valence-corrected chi connectivity index (χ4v) is 2.64. The monoisotopic (exact) mass is 350 g/mol. The van der Waals surface area contributed by atoms with Crippen molar-refractivity contribution in [2.45, 2.75) is 13.5 Å². The molecule has 1 heterocycles. The molecule has 0 saturated carbocycles. The molecule has 6 nitrogen and oxygen atoms in total. The maximum absolute atomic E-state index is 12.3. The van der Waals surface area contributed by atoms with Gasteiger partial charge in [-0.15, -0.1) is 0 Å². The van der Waals surface area contributed by atoms with E-state index in [1.165, 1.54) is 0 Å². The molecule has 0 aromatic heterocycles. The van der Waals surface area contributed by atoms with E-state index < -0.39 is 5.91 Å². The quantitative estimate of drug-likeness (QED) is 0.662. The van der Waals surface area contributed by atoms with Gasteiger partial charge in [0.25, 0.3) is 5.91 Å². The molecule has 132 valence electrons. The van der Waals surface area contributed by atoms with E-state index in [9.17, 15) is 10.1 Å². The lowest BCUT2D eigenvalue weighted by molar-refractivity contribution is -0.117. The first-order valence-electron chi connectivity index (χ1n) is 8.04. The Morgan fingerprint density at radius 3 is 2.81 bits per heavy atom. The number of aryl methyl sites for hydroxylation is 1.